The molecule has 0 aliphatic rings. The summed E-state index contributed by atoms with van der Waals surface area (Å²) in [7, 11) is 0. The molecule has 0 saturated heterocycles. The number of halogens is 1. The fourth-order valence-electron chi connectivity index (χ4n) is 0.850. The van der Waals surface area contributed by atoms with Crippen molar-refractivity contribution in [3.05, 3.63) is 28.2 Å². The summed E-state index contributed by atoms with van der Waals surface area (Å²) < 4.78 is 0.594. The Kier molecular flexibility index (Phi) is 3.13. The number of primary amides is 1. The first-order chi connectivity index (χ1) is 6.09. The third-order valence-electron chi connectivity index (χ3n) is 1.48. The third-order valence-corrected chi connectivity index (χ3v) is 2.11. The van der Waals surface area contributed by atoms with E-state index in [0.29, 0.717) is 11.0 Å². The van der Waals surface area contributed by atoms with Gasteiger partial charge in [-0.15, -0.1) is 0 Å². The molecule has 1 aromatic carbocycles. The first kappa shape index (κ1) is 9.85. The van der Waals surface area contributed by atoms with Crippen LogP contribution in [0.1, 0.15) is 5.56 Å². The number of hydrogen-bond acceptors (Lipinski definition) is 2. The van der Waals surface area contributed by atoms with Crippen molar-refractivity contribution in [3.8, 4) is 5.75 Å². The molecule has 0 fully saturated rings. The number of nitrogens with two attached hydrogens (primary N) is 1. The molecule has 0 spiro atoms. The largest absolute Gasteiger partial charge is 0.507 e. The van der Waals surface area contributed by atoms with Crippen LogP contribution < -0.4 is 11.1 Å². The van der Waals surface area contributed by atoms with Gasteiger partial charge in [-0.3, -0.25) is 0 Å². The van der Waals surface area contributed by atoms with Gasteiger partial charge in [-0.2, -0.15) is 0 Å². The molecule has 1 aromatic rings. The summed E-state index contributed by atoms with van der Waals surface area (Å²) in [5.41, 5.74) is 5.76. The van der Waals surface area contributed by atoms with Crippen LogP contribution in [0.2, 0.25) is 0 Å². The smallest absolute Gasteiger partial charge is 0.312 e. The first-order valence-corrected chi connectivity index (χ1v) is 4.39. The Labute approximate surface area is 83.9 Å². The Hall–Kier alpha value is -1.23. The lowest BCUT2D eigenvalue weighted by atomic mass is 10.2. The second-order valence-electron chi connectivity index (χ2n) is 2.50. The van der Waals surface area contributed by atoms with Crippen LogP contribution in [0.3, 0.4) is 0 Å². The Morgan fingerprint density at radius 2 is 2.31 bits per heavy atom. The molecule has 70 valence electrons. The number of aromatic hydroxyl groups is 1. The molecule has 13 heavy (non-hydrogen) atoms. The highest BCUT2D eigenvalue weighted by Gasteiger charge is 1.99. The predicted molar refractivity (Wildman–Crippen MR) is 52.2 cm³/mol. The summed E-state index contributed by atoms with van der Waals surface area (Å²) in [5, 5.41) is 11.6. The summed E-state index contributed by atoms with van der Waals surface area (Å²) in [6, 6.07) is 4.40. The van der Waals surface area contributed by atoms with Crippen LogP contribution in [0.4, 0.5) is 4.79 Å². The molecule has 0 aliphatic carbocycles. The third kappa shape index (κ3) is 2.95. The number of carbonyl (C=O) groups is 1. The van der Waals surface area contributed by atoms with E-state index in [1.165, 1.54) is 0 Å². The molecule has 0 atom stereocenters. The number of urea groups is 1. The van der Waals surface area contributed by atoms with Gasteiger partial charge in [0.05, 0.1) is 4.47 Å². The molecular weight excluding hydrogens is 236 g/mol. The number of amides is 2. The van der Waals surface area contributed by atoms with E-state index in [4.69, 9.17) is 10.8 Å². The maximum absolute atomic E-state index is 10.4. The second kappa shape index (κ2) is 4.13. The molecule has 5 heteroatoms. The van der Waals surface area contributed by atoms with Crippen molar-refractivity contribution < 1.29 is 9.90 Å². The second-order valence-corrected chi connectivity index (χ2v) is 3.36. The van der Waals surface area contributed by atoms with Crippen molar-refractivity contribution in [3.63, 3.8) is 0 Å². The Morgan fingerprint density at radius 1 is 1.62 bits per heavy atom. The summed E-state index contributed by atoms with van der Waals surface area (Å²) in [4.78, 5) is 10.4. The highest BCUT2D eigenvalue weighted by atomic mass is 79.9. The Balaban J connectivity index is 2.68. The molecule has 0 radical (unpaired) electrons. The number of hydrogen-bond donors (Lipinski definition) is 3. The van der Waals surface area contributed by atoms with Crippen LogP contribution in [0.5, 0.6) is 5.75 Å². The lowest BCUT2D eigenvalue weighted by molar-refractivity contribution is 0.248. The van der Waals surface area contributed by atoms with E-state index in [1.807, 2.05) is 0 Å². The Bertz CT molecular complexity index is 328. The van der Waals surface area contributed by atoms with E-state index in [-0.39, 0.29) is 5.75 Å². The van der Waals surface area contributed by atoms with Gasteiger partial charge in [0.25, 0.3) is 0 Å². The molecule has 0 heterocycles. The maximum Gasteiger partial charge on any atom is 0.312 e. The van der Waals surface area contributed by atoms with Crippen molar-refractivity contribution >= 4 is 22.0 Å². The molecule has 1 rings (SSSR count). The van der Waals surface area contributed by atoms with Crippen molar-refractivity contribution in [1.82, 2.24) is 5.32 Å². The van der Waals surface area contributed by atoms with Crippen LogP contribution in [0.15, 0.2) is 22.7 Å². The highest BCUT2D eigenvalue weighted by Crippen LogP contribution is 2.23. The molecule has 0 saturated carbocycles. The van der Waals surface area contributed by atoms with Gasteiger partial charge in [-0.25, -0.2) is 4.79 Å². The van der Waals surface area contributed by atoms with E-state index >= 15 is 0 Å². The zero-order valence-corrected chi connectivity index (χ0v) is 8.34. The van der Waals surface area contributed by atoms with Gasteiger partial charge in [0, 0.05) is 6.54 Å². The monoisotopic (exact) mass is 244 g/mol. The van der Waals surface area contributed by atoms with Gasteiger partial charge in [-0.1, -0.05) is 6.07 Å². The molecule has 2 amide bonds. The van der Waals surface area contributed by atoms with Crippen LogP contribution in [-0.4, -0.2) is 11.1 Å². The fourth-order valence-corrected chi connectivity index (χ4v) is 1.28. The predicted octanol–water partition coefficient (Wildman–Crippen LogP) is 1.32. The van der Waals surface area contributed by atoms with Crippen LogP contribution in [0, 0.1) is 0 Å². The minimum absolute atomic E-state index is 0.169. The normalized spacial score (nSPS) is 9.62. The quantitative estimate of drug-likeness (QED) is 0.735. The van der Waals surface area contributed by atoms with Crippen molar-refractivity contribution in [2.45, 2.75) is 6.54 Å². The minimum Gasteiger partial charge on any atom is -0.507 e. The molecule has 0 bridgehead atoms. The van der Waals surface area contributed by atoms with E-state index in [9.17, 15) is 4.79 Å². The first-order valence-electron chi connectivity index (χ1n) is 3.60. The lowest BCUT2D eigenvalue weighted by Crippen LogP contribution is -2.28. The maximum atomic E-state index is 10.4. The molecule has 0 aromatic heterocycles. The molecule has 4 N–H and O–H groups in total. The summed E-state index contributed by atoms with van der Waals surface area (Å²) in [5.74, 6) is 0.169. The molecule has 4 nitrogen and oxygen atoms in total. The fraction of sp³-hybridized carbons (Fsp3) is 0.125. The van der Waals surface area contributed by atoms with E-state index in [1.54, 1.807) is 18.2 Å². The number of phenolic OH excluding ortho intramolecular Hbond substituents is 1. The molecule has 0 unspecified atom stereocenters. The van der Waals surface area contributed by atoms with Crippen LogP contribution in [0.25, 0.3) is 0 Å². The van der Waals surface area contributed by atoms with Crippen molar-refractivity contribution in [2.75, 3.05) is 0 Å². The van der Waals surface area contributed by atoms with Crippen LogP contribution in [-0.2, 0) is 6.54 Å². The highest BCUT2D eigenvalue weighted by molar-refractivity contribution is 9.10. The number of carbonyl (C=O) groups excluding carboxylic acids is 1. The lowest BCUT2D eigenvalue weighted by Gasteiger charge is -2.03. The minimum atomic E-state index is -0.566. The Morgan fingerprint density at radius 3 is 2.85 bits per heavy atom. The van der Waals surface area contributed by atoms with Crippen LogP contribution >= 0.6 is 15.9 Å². The van der Waals surface area contributed by atoms with Crippen molar-refractivity contribution in [2.24, 2.45) is 5.73 Å². The molecule has 0 aliphatic heterocycles. The van der Waals surface area contributed by atoms with Gasteiger partial charge in [0.1, 0.15) is 5.75 Å². The number of rotatable bonds is 2. The zero-order chi connectivity index (χ0) is 9.84. The van der Waals surface area contributed by atoms with Gasteiger partial charge in [0.2, 0.25) is 0 Å². The van der Waals surface area contributed by atoms with Crippen molar-refractivity contribution in [1.29, 1.82) is 0 Å². The SMILES string of the molecule is NC(=O)NCc1ccc(O)c(Br)c1. The van der Waals surface area contributed by atoms with E-state index < -0.39 is 6.03 Å². The van der Waals surface area contributed by atoms with E-state index in [0.717, 1.165) is 5.56 Å². The summed E-state index contributed by atoms with van der Waals surface area (Å²) >= 11 is 3.16. The zero-order valence-electron chi connectivity index (χ0n) is 6.75. The number of benzene rings is 1. The average molecular weight is 245 g/mol. The standard InChI is InChI=1S/C8H9BrN2O2/c9-6-3-5(1-2-7(6)12)4-11-8(10)13/h1-3,12H,4H2,(H3,10,11,13). The average Bonchev–Trinajstić information content (AvgIpc) is 2.07. The van der Waals surface area contributed by atoms with Gasteiger partial charge >= 0.3 is 6.03 Å². The number of nitrogens with one attached hydrogen (secondary N) is 1. The summed E-state index contributed by atoms with van der Waals surface area (Å²) in [6.45, 7) is 0.355. The summed E-state index contributed by atoms with van der Waals surface area (Å²) in [6.07, 6.45) is 0. The topological polar surface area (TPSA) is 75.4 Å². The van der Waals surface area contributed by atoms with Gasteiger partial charge in [0.15, 0.2) is 0 Å². The van der Waals surface area contributed by atoms with Gasteiger partial charge in [-0.05, 0) is 33.6 Å². The number of phenols is 1. The van der Waals surface area contributed by atoms with Gasteiger partial charge < -0.3 is 16.2 Å². The van der Waals surface area contributed by atoms with E-state index in [2.05, 4.69) is 21.2 Å². The molecular formula is C8H9BrN2O2.